The summed E-state index contributed by atoms with van der Waals surface area (Å²) in [6, 6.07) is 7.50. The predicted molar refractivity (Wildman–Crippen MR) is 82.5 cm³/mol. The third-order valence-corrected chi connectivity index (χ3v) is 3.48. The van der Waals surface area contributed by atoms with Crippen LogP contribution < -0.4 is 5.32 Å². The summed E-state index contributed by atoms with van der Waals surface area (Å²) in [4.78, 5) is 25.2. The van der Waals surface area contributed by atoms with Gasteiger partial charge in [-0.05, 0) is 38.6 Å². The van der Waals surface area contributed by atoms with Crippen LogP contribution in [-0.2, 0) is 11.2 Å². The second-order valence-electron chi connectivity index (χ2n) is 5.09. The third kappa shape index (κ3) is 4.86. The van der Waals surface area contributed by atoms with E-state index in [1.54, 1.807) is 17.9 Å². The van der Waals surface area contributed by atoms with Gasteiger partial charge in [0, 0.05) is 18.7 Å². The summed E-state index contributed by atoms with van der Waals surface area (Å²) in [6.07, 6.45) is 0.768. The number of nitrogens with zero attached hydrogens (tertiary/aromatic N) is 1. The maximum Gasteiger partial charge on any atom is 0.308 e. The summed E-state index contributed by atoms with van der Waals surface area (Å²) in [7, 11) is 1.87. The van der Waals surface area contributed by atoms with Gasteiger partial charge in [0.15, 0.2) is 0 Å². The van der Waals surface area contributed by atoms with Crippen molar-refractivity contribution in [3.63, 3.8) is 0 Å². The van der Waals surface area contributed by atoms with Crippen molar-refractivity contribution in [1.82, 2.24) is 10.2 Å². The monoisotopic (exact) mass is 292 g/mol. The number of carbonyl (C=O) groups is 2. The second kappa shape index (κ2) is 8.42. The maximum absolute atomic E-state index is 12.6. The van der Waals surface area contributed by atoms with Crippen LogP contribution in [0.1, 0.15) is 29.8 Å². The number of benzene rings is 1. The molecule has 0 aliphatic rings. The molecule has 0 saturated carbocycles. The Morgan fingerprint density at radius 1 is 1.33 bits per heavy atom. The van der Waals surface area contributed by atoms with Gasteiger partial charge >= 0.3 is 5.97 Å². The van der Waals surface area contributed by atoms with Crippen LogP contribution in [0.15, 0.2) is 24.3 Å². The van der Waals surface area contributed by atoms with Crippen molar-refractivity contribution < 1.29 is 14.7 Å². The summed E-state index contributed by atoms with van der Waals surface area (Å²) in [5.41, 5.74) is 1.64. The van der Waals surface area contributed by atoms with Gasteiger partial charge in [-0.2, -0.15) is 0 Å². The summed E-state index contributed by atoms with van der Waals surface area (Å²) < 4.78 is 0. The summed E-state index contributed by atoms with van der Waals surface area (Å²) in [5, 5.41) is 12.1. The minimum Gasteiger partial charge on any atom is -0.481 e. The molecule has 0 heterocycles. The Kier molecular flexibility index (Phi) is 6.88. The maximum atomic E-state index is 12.6. The number of carboxylic acid groups (broad SMARTS) is 1. The first kappa shape index (κ1) is 17.2. The van der Waals surface area contributed by atoms with Crippen LogP contribution in [-0.4, -0.2) is 48.6 Å². The first-order valence-corrected chi connectivity index (χ1v) is 7.25. The van der Waals surface area contributed by atoms with Crippen LogP contribution in [0.2, 0.25) is 0 Å². The van der Waals surface area contributed by atoms with Gasteiger partial charge in [-0.25, -0.2) is 0 Å². The molecule has 5 nitrogen and oxygen atoms in total. The van der Waals surface area contributed by atoms with Crippen LogP contribution in [0.5, 0.6) is 0 Å². The molecule has 1 aromatic rings. The van der Waals surface area contributed by atoms with Crippen LogP contribution in [0.25, 0.3) is 0 Å². The van der Waals surface area contributed by atoms with E-state index in [0.29, 0.717) is 12.1 Å². The van der Waals surface area contributed by atoms with Gasteiger partial charge < -0.3 is 15.3 Å². The molecule has 116 valence electrons. The Morgan fingerprint density at radius 2 is 2.00 bits per heavy atom. The molecule has 0 aliphatic carbocycles. The lowest BCUT2D eigenvalue weighted by Gasteiger charge is -2.24. The van der Waals surface area contributed by atoms with Crippen molar-refractivity contribution >= 4 is 11.9 Å². The molecule has 0 fully saturated rings. The number of aliphatic carboxylic acids is 1. The van der Waals surface area contributed by atoms with Gasteiger partial charge in [0.25, 0.3) is 5.91 Å². The SMILES string of the molecule is CCN(CC(C)C(=O)O)C(=O)c1ccccc1CCNC. The minimum atomic E-state index is -0.885. The van der Waals surface area contributed by atoms with Crippen LogP contribution in [0, 0.1) is 5.92 Å². The lowest BCUT2D eigenvalue weighted by molar-refractivity contribution is -0.141. The van der Waals surface area contributed by atoms with E-state index in [1.165, 1.54) is 0 Å². The molecule has 1 rings (SSSR count). The molecular weight excluding hydrogens is 268 g/mol. The molecular formula is C16H24N2O3. The van der Waals surface area contributed by atoms with Gasteiger partial charge in [0.2, 0.25) is 0 Å². The largest absolute Gasteiger partial charge is 0.481 e. The van der Waals surface area contributed by atoms with Crippen molar-refractivity contribution in [2.45, 2.75) is 20.3 Å². The molecule has 0 aliphatic heterocycles. The van der Waals surface area contributed by atoms with E-state index in [4.69, 9.17) is 5.11 Å². The Labute approximate surface area is 126 Å². The molecule has 1 aromatic carbocycles. The zero-order valence-corrected chi connectivity index (χ0v) is 12.9. The third-order valence-electron chi connectivity index (χ3n) is 3.48. The highest BCUT2D eigenvalue weighted by Crippen LogP contribution is 2.14. The van der Waals surface area contributed by atoms with Gasteiger partial charge in [-0.15, -0.1) is 0 Å². The molecule has 0 radical (unpaired) electrons. The van der Waals surface area contributed by atoms with Crippen LogP contribution >= 0.6 is 0 Å². The fraction of sp³-hybridized carbons (Fsp3) is 0.500. The zero-order valence-electron chi connectivity index (χ0n) is 12.9. The normalized spacial score (nSPS) is 12.0. The first-order valence-electron chi connectivity index (χ1n) is 7.25. The number of amides is 1. The summed E-state index contributed by atoms with van der Waals surface area (Å²) >= 11 is 0. The van der Waals surface area contributed by atoms with Crippen molar-refractivity contribution in [2.75, 3.05) is 26.7 Å². The smallest absolute Gasteiger partial charge is 0.308 e. The average molecular weight is 292 g/mol. The number of nitrogens with one attached hydrogen (secondary N) is 1. The zero-order chi connectivity index (χ0) is 15.8. The molecule has 5 heteroatoms. The van der Waals surface area contributed by atoms with Gasteiger partial charge in [0.1, 0.15) is 0 Å². The lowest BCUT2D eigenvalue weighted by atomic mass is 10.0. The Bertz CT molecular complexity index is 488. The summed E-state index contributed by atoms with van der Waals surface area (Å²) in [6.45, 7) is 5.00. The van der Waals surface area contributed by atoms with Gasteiger partial charge in [-0.3, -0.25) is 9.59 Å². The fourth-order valence-electron chi connectivity index (χ4n) is 2.14. The number of hydrogen-bond acceptors (Lipinski definition) is 3. The van der Waals surface area contributed by atoms with Crippen molar-refractivity contribution in [2.24, 2.45) is 5.92 Å². The minimum absolute atomic E-state index is 0.0997. The topological polar surface area (TPSA) is 69.6 Å². The van der Waals surface area contributed by atoms with E-state index in [-0.39, 0.29) is 12.5 Å². The molecule has 1 amide bonds. The first-order chi connectivity index (χ1) is 10.0. The number of rotatable bonds is 8. The second-order valence-corrected chi connectivity index (χ2v) is 5.09. The number of hydrogen-bond donors (Lipinski definition) is 2. The highest BCUT2D eigenvalue weighted by atomic mass is 16.4. The van der Waals surface area contributed by atoms with E-state index in [0.717, 1.165) is 18.5 Å². The summed E-state index contributed by atoms with van der Waals surface area (Å²) in [5.74, 6) is -1.56. The average Bonchev–Trinajstić information content (AvgIpc) is 2.49. The fourth-order valence-corrected chi connectivity index (χ4v) is 2.14. The standard InChI is InChI=1S/C16H24N2O3/c1-4-18(11-12(2)16(20)21)15(19)14-8-6-5-7-13(14)9-10-17-3/h5-8,12,17H,4,9-11H2,1-3H3,(H,20,21). The Morgan fingerprint density at radius 3 is 2.57 bits per heavy atom. The Hall–Kier alpha value is -1.88. The molecule has 21 heavy (non-hydrogen) atoms. The van der Waals surface area contributed by atoms with Crippen molar-refractivity contribution in [3.8, 4) is 0 Å². The number of likely N-dealkylation sites (N-methyl/N-ethyl adjacent to an activating group) is 1. The highest BCUT2D eigenvalue weighted by Gasteiger charge is 2.21. The Balaban J connectivity index is 2.91. The number of carbonyl (C=O) groups excluding carboxylic acids is 1. The predicted octanol–water partition coefficient (Wildman–Crippen LogP) is 1.63. The number of carboxylic acids is 1. The highest BCUT2D eigenvalue weighted by molar-refractivity contribution is 5.96. The van der Waals surface area contributed by atoms with Gasteiger partial charge in [-0.1, -0.05) is 25.1 Å². The van der Waals surface area contributed by atoms with E-state index >= 15 is 0 Å². The molecule has 1 atom stereocenters. The molecule has 0 saturated heterocycles. The molecule has 1 unspecified atom stereocenters. The van der Waals surface area contributed by atoms with E-state index in [2.05, 4.69) is 5.32 Å². The van der Waals surface area contributed by atoms with Crippen molar-refractivity contribution in [1.29, 1.82) is 0 Å². The molecule has 0 aromatic heterocycles. The lowest BCUT2D eigenvalue weighted by Crippen LogP contribution is -2.37. The van der Waals surface area contributed by atoms with E-state index < -0.39 is 11.9 Å². The van der Waals surface area contributed by atoms with Crippen LogP contribution in [0.4, 0.5) is 0 Å². The van der Waals surface area contributed by atoms with E-state index in [1.807, 2.05) is 32.2 Å². The van der Waals surface area contributed by atoms with Crippen LogP contribution in [0.3, 0.4) is 0 Å². The quantitative estimate of drug-likeness (QED) is 0.764. The van der Waals surface area contributed by atoms with Gasteiger partial charge in [0.05, 0.1) is 5.92 Å². The molecule has 2 N–H and O–H groups in total. The van der Waals surface area contributed by atoms with Crippen molar-refractivity contribution in [3.05, 3.63) is 35.4 Å². The molecule has 0 spiro atoms. The van der Waals surface area contributed by atoms with E-state index in [9.17, 15) is 9.59 Å². The molecule has 0 bridgehead atoms.